The van der Waals surface area contributed by atoms with Crippen molar-refractivity contribution in [1.29, 1.82) is 0 Å². The van der Waals surface area contributed by atoms with Crippen LogP contribution in [0.2, 0.25) is 0 Å². The van der Waals surface area contributed by atoms with Crippen LogP contribution in [0.1, 0.15) is 23.2 Å². The molecule has 1 unspecified atom stereocenters. The SMILES string of the molecule is CNc1nc(CSCC(C)CO)nc2sc(C)c(C)c12. The molecule has 0 aliphatic rings. The molecule has 110 valence electrons. The quantitative estimate of drug-likeness (QED) is 0.858. The minimum Gasteiger partial charge on any atom is -0.396 e. The lowest BCUT2D eigenvalue weighted by Crippen LogP contribution is -2.05. The number of anilines is 1. The zero-order valence-electron chi connectivity index (χ0n) is 12.4. The highest BCUT2D eigenvalue weighted by Crippen LogP contribution is 2.33. The van der Waals surface area contributed by atoms with Crippen LogP contribution >= 0.6 is 23.1 Å². The second kappa shape index (κ2) is 6.74. The van der Waals surface area contributed by atoms with Crippen molar-refractivity contribution < 1.29 is 5.11 Å². The molecule has 2 aromatic rings. The van der Waals surface area contributed by atoms with Crippen molar-refractivity contribution in [3.63, 3.8) is 0 Å². The number of hydrogen-bond donors (Lipinski definition) is 2. The molecule has 0 radical (unpaired) electrons. The molecule has 0 aliphatic carbocycles. The Labute approximate surface area is 128 Å². The Balaban J connectivity index is 2.23. The Morgan fingerprint density at radius 2 is 2.10 bits per heavy atom. The number of nitrogens with zero attached hydrogens (tertiary/aromatic N) is 2. The fourth-order valence-corrected chi connectivity index (χ4v) is 3.93. The molecule has 0 aliphatic heterocycles. The number of thioether (sulfide) groups is 1. The Morgan fingerprint density at radius 3 is 2.75 bits per heavy atom. The van der Waals surface area contributed by atoms with Gasteiger partial charge in [0, 0.05) is 18.5 Å². The predicted molar refractivity (Wildman–Crippen MR) is 88.8 cm³/mol. The van der Waals surface area contributed by atoms with Gasteiger partial charge in [-0.25, -0.2) is 9.97 Å². The number of aromatic nitrogens is 2. The van der Waals surface area contributed by atoms with Crippen LogP contribution in [0.15, 0.2) is 0 Å². The van der Waals surface area contributed by atoms with Crippen molar-refractivity contribution in [1.82, 2.24) is 9.97 Å². The molecule has 0 fully saturated rings. The first-order valence-electron chi connectivity index (χ1n) is 6.69. The number of hydrogen-bond acceptors (Lipinski definition) is 6. The van der Waals surface area contributed by atoms with Crippen molar-refractivity contribution in [2.45, 2.75) is 26.5 Å². The van der Waals surface area contributed by atoms with Gasteiger partial charge in [-0.3, -0.25) is 0 Å². The van der Waals surface area contributed by atoms with Gasteiger partial charge in [0.2, 0.25) is 0 Å². The molecular weight excluding hydrogens is 290 g/mol. The van der Waals surface area contributed by atoms with Gasteiger partial charge in [0.25, 0.3) is 0 Å². The third-order valence-electron chi connectivity index (χ3n) is 3.26. The highest BCUT2D eigenvalue weighted by Gasteiger charge is 2.13. The summed E-state index contributed by atoms with van der Waals surface area (Å²) >= 11 is 3.50. The molecule has 0 amide bonds. The third kappa shape index (κ3) is 3.24. The smallest absolute Gasteiger partial charge is 0.142 e. The lowest BCUT2D eigenvalue weighted by Gasteiger charge is -2.08. The van der Waals surface area contributed by atoms with Gasteiger partial charge in [0.1, 0.15) is 16.5 Å². The summed E-state index contributed by atoms with van der Waals surface area (Å²) in [6, 6.07) is 0. The van der Waals surface area contributed by atoms with E-state index in [2.05, 4.69) is 29.1 Å². The van der Waals surface area contributed by atoms with E-state index in [1.807, 2.05) is 14.0 Å². The molecule has 2 aromatic heterocycles. The molecule has 0 bridgehead atoms. The topological polar surface area (TPSA) is 58.0 Å². The van der Waals surface area contributed by atoms with Gasteiger partial charge in [0.15, 0.2) is 0 Å². The van der Waals surface area contributed by atoms with E-state index in [0.29, 0.717) is 5.92 Å². The predicted octanol–water partition coefficient (Wildman–Crippen LogP) is 3.21. The van der Waals surface area contributed by atoms with E-state index in [4.69, 9.17) is 5.11 Å². The average molecular weight is 311 g/mol. The first kappa shape index (κ1) is 15.5. The minimum absolute atomic E-state index is 0.234. The normalized spacial score (nSPS) is 12.8. The van der Waals surface area contributed by atoms with Crippen LogP contribution in [0.5, 0.6) is 0 Å². The summed E-state index contributed by atoms with van der Waals surface area (Å²) in [5.41, 5.74) is 1.27. The van der Waals surface area contributed by atoms with Gasteiger partial charge in [0.05, 0.1) is 11.1 Å². The molecule has 0 aromatic carbocycles. The lowest BCUT2D eigenvalue weighted by atomic mass is 10.2. The largest absolute Gasteiger partial charge is 0.396 e. The Hall–Kier alpha value is -0.850. The molecule has 0 spiro atoms. The molecular formula is C14H21N3OS2. The zero-order chi connectivity index (χ0) is 14.7. The monoisotopic (exact) mass is 311 g/mol. The Morgan fingerprint density at radius 1 is 1.35 bits per heavy atom. The molecule has 4 nitrogen and oxygen atoms in total. The first-order valence-corrected chi connectivity index (χ1v) is 8.66. The number of rotatable bonds is 6. The van der Waals surface area contributed by atoms with Crippen LogP contribution in [0, 0.1) is 19.8 Å². The lowest BCUT2D eigenvalue weighted by molar-refractivity contribution is 0.250. The number of aliphatic hydroxyl groups excluding tert-OH is 1. The molecule has 0 saturated carbocycles. The summed E-state index contributed by atoms with van der Waals surface area (Å²) in [5, 5.41) is 13.4. The summed E-state index contributed by atoms with van der Waals surface area (Å²) in [7, 11) is 1.90. The number of aryl methyl sites for hydroxylation is 2. The summed E-state index contributed by atoms with van der Waals surface area (Å²) in [5.74, 6) is 3.81. The maximum absolute atomic E-state index is 9.04. The summed E-state index contributed by atoms with van der Waals surface area (Å²) < 4.78 is 0. The van der Waals surface area contributed by atoms with Gasteiger partial charge < -0.3 is 10.4 Å². The molecule has 2 N–H and O–H groups in total. The van der Waals surface area contributed by atoms with Crippen molar-refractivity contribution in [2.75, 3.05) is 24.7 Å². The number of fused-ring (bicyclic) bond motifs is 1. The zero-order valence-corrected chi connectivity index (χ0v) is 14.0. The summed E-state index contributed by atoms with van der Waals surface area (Å²) in [6.07, 6.45) is 0. The van der Waals surface area contributed by atoms with Crippen LogP contribution in [-0.4, -0.2) is 34.5 Å². The van der Waals surface area contributed by atoms with Gasteiger partial charge in [-0.2, -0.15) is 11.8 Å². The maximum Gasteiger partial charge on any atom is 0.142 e. The third-order valence-corrected chi connectivity index (χ3v) is 5.63. The van der Waals surface area contributed by atoms with Crippen molar-refractivity contribution in [3.8, 4) is 0 Å². The Kier molecular flexibility index (Phi) is 5.23. The van der Waals surface area contributed by atoms with Crippen LogP contribution in [0.25, 0.3) is 10.2 Å². The van der Waals surface area contributed by atoms with Crippen molar-refractivity contribution >= 4 is 39.1 Å². The summed E-state index contributed by atoms with van der Waals surface area (Å²) in [6.45, 7) is 6.52. The second-order valence-electron chi connectivity index (χ2n) is 5.00. The molecule has 2 heterocycles. The molecule has 2 rings (SSSR count). The van der Waals surface area contributed by atoms with Crippen molar-refractivity contribution in [3.05, 3.63) is 16.3 Å². The van der Waals surface area contributed by atoms with E-state index in [1.54, 1.807) is 23.1 Å². The molecule has 0 saturated heterocycles. The van der Waals surface area contributed by atoms with Gasteiger partial charge in [-0.05, 0) is 31.1 Å². The van der Waals surface area contributed by atoms with E-state index in [-0.39, 0.29) is 6.61 Å². The average Bonchev–Trinajstić information content (AvgIpc) is 2.73. The van der Waals surface area contributed by atoms with E-state index >= 15 is 0 Å². The van der Waals surface area contributed by atoms with Crippen LogP contribution in [-0.2, 0) is 5.75 Å². The van der Waals surface area contributed by atoms with E-state index in [9.17, 15) is 0 Å². The minimum atomic E-state index is 0.234. The first-order chi connectivity index (χ1) is 9.56. The Bertz CT molecular complexity index is 598. The number of thiophene rings is 1. The summed E-state index contributed by atoms with van der Waals surface area (Å²) in [4.78, 5) is 11.6. The fourth-order valence-electron chi connectivity index (χ4n) is 1.94. The van der Waals surface area contributed by atoms with E-state index in [0.717, 1.165) is 33.4 Å². The highest BCUT2D eigenvalue weighted by atomic mass is 32.2. The number of aliphatic hydroxyl groups is 1. The standard InChI is InChI=1S/C14H21N3OS2/c1-8(5-18)6-19-7-11-16-13(15-4)12-9(2)10(3)20-14(12)17-11/h8,18H,5-7H2,1-4H3,(H,15,16,17). The van der Waals surface area contributed by atoms with Crippen LogP contribution < -0.4 is 5.32 Å². The second-order valence-corrected chi connectivity index (χ2v) is 7.24. The van der Waals surface area contributed by atoms with Gasteiger partial charge in [-0.15, -0.1) is 11.3 Å². The maximum atomic E-state index is 9.04. The van der Waals surface area contributed by atoms with Gasteiger partial charge >= 0.3 is 0 Å². The van der Waals surface area contributed by atoms with Crippen molar-refractivity contribution in [2.24, 2.45) is 5.92 Å². The van der Waals surface area contributed by atoms with Crippen LogP contribution in [0.4, 0.5) is 5.82 Å². The highest BCUT2D eigenvalue weighted by molar-refractivity contribution is 7.98. The molecule has 6 heteroatoms. The van der Waals surface area contributed by atoms with E-state index in [1.165, 1.54) is 10.4 Å². The molecule has 1 atom stereocenters. The molecule has 20 heavy (non-hydrogen) atoms. The fraction of sp³-hybridized carbons (Fsp3) is 0.571. The number of nitrogens with one attached hydrogen (secondary N) is 1. The van der Waals surface area contributed by atoms with E-state index < -0.39 is 0 Å². The van der Waals surface area contributed by atoms with Gasteiger partial charge in [-0.1, -0.05) is 6.92 Å². The van der Waals surface area contributed by atoms with Crippen LogP contribution in [0.3, 0.4) is 0 Å².